The van der Waals surface area contributed by atoms with E-state index in [2.05, 4.69) is 5.10 Å². The van der Waals surface area contributed by atoms with Crippen LogP contribution >= 0.6 is 11.6 Å². The van der Waals surface area contributed by atoms with Crippen molar-refractivity contribution >= 4 is 11.6 Å². The molecule has 0 bridgehead atoms. The normalized spacial score (nSPS) is 12.6. The van der Waals surface area contributed by atoms with Crippen LogP contribution in [0.25, 0.3) is 0 Å². The van der Waals surface area contributed by atoms with Crippen LogP contribution < -0.4 is 0 Å². The van der Waals surface area contributed by atoms with Gasteiger partial charge in [0, 0.05) is 24.0 Å². The quantitative estimate of drug-likeness (QED) is 0.902. The number of hydrogen-bond donors (Lipinski definition) is 1. The molecule has 1 atom stereocenters. The van der Waals surface area contributed by atoms with Gasteiger partial charge in [0.2, 0.25) is 0 Å². The van der Waals surface area contributed by atoms with Crippen molar-refractivity contribution in [2.24, 2.45) is 7.05 Å². The van der Waals surface area contributed by atoms with Gasteiger partial charge in [0.25, 0.3) is 0 Å². The van der Waals surface area contributed by atoms with E-state index in [9.17, 15) is 5.11 Å². The number of aromatic nitrogens is 2. The minimum absolute atomic E-state index is 0.332. The first-order valence-electron chi connectivity index (χ1n) is 6.04. The largest absolute Gasteiger partial charge is 0.393 e. The molecule has 0 radical (unpaired) electrons. The van der Waals surface area contributed by atoms with Crippen LogP contribution in [0.4, 0.5) is 0 Å². The van der Waals surface area contributed by atoms with E-state index < -0.39 is 0 Å². The SMILES string of the molecule is Cn1nccc1CCC(O)Cc1ccc(Cl)cc1. The summed E-state index contributed by atoms with van der Waals surface area (Å²) >= 11 is 5.82. The van der Waals surface area contributed by atoms with Gasteiger partial charge in [0.1, 0.15) is 0 Å². The Morgan fingerprint density at radius 2 is 2.00 bits per heavy atom. The van der Waals surface area contributed by atoms with E-state index in [1.165, 1.54) is 0 Å². The topological polar surface area (TPSA) is 38.0 Å². The molecular formula is C14H17ClN2O. The zero-order valence-corrected chi connectivity index (χ0v) is 11.1. The highest BCUT2D eigenvalue weighted by atomic mass is 35.5. The average molecular weight is 265 g/mol. The van der Waals surface area contributed by atoms with Crippen LogP contribution in [0.15, 0.2) is 36.5 Å². The first-order chi connectivity index (χ1) is 8.65. The standard InChI is InChI=1S/C14H17ClN2O/c1-17-13(8-9-16-17)6-7-14(18)10-11-2-4-12(15)5-3-11/h2-5,8-9,14,18H,6-7,10H2,1H3. The van der Waals surface area contributed by atoms with E-state index in [4.69, 9.17) is 11.6 Å². The van der Waals surface area contributed by atoms with Crippen molar-refractivity contribution < 1.29 is 5.11 Å². The first-order valence-corrected chi connectivity index (χ1v) is 6.42. The smallest absolute Gasteiger partial charge is 0.0584 e. The van der Waals surface area contributed by atoms with Crippen molar-refractivity contribution in [3.05, 3.63) is 52.8 Å². The molecule has 0 aliphatic rings. The Hall–Kier alpha value is -1.32. The predicted octanol–water partition coefficient (Wildman–Crippen LogP) is 2.61. The Kier molecular flexibility index (Phi) is 4.39. The second-order valence-corrected chi connectivity index (χ2v) is 4.91. The Morgan fingerprint density at radius 1 is 1.28 bits per heavy atom. The van der Waals surface area contributed by atoms with E-state index >= 15 is 0 Å². The third kappa shape index (κ3) is 3.59. The predicted molar refractivity (Wildman–Crippen MR) is 72.7 cm³/mol. The van der Waals surface area contributed by atoms with Crippen LogP contribution in [0, 0.1) is 0 Å². The Labute approximate surface area is 112 Å². The van der Waals surface area contributed by atoms with E-state index in [-0.39, 0.29) is 6.10 Å². The summed E-state index contributed by atoms with van der Waals surface area (Å²) in [7, 11) is 1.92. The first kappa shape index (κ1) is 13.1. The summed E-state index contributed by atoms with van der Waals surface area (Å²) in [6.07, 6.45) is 3.68. The Morgan fingerprint density at radius 3 is 2.61 bits per heavy atom. The lowest BCUT2D eigenvalue weighted by Gasteiger charge is -2.10. The monoisotopic (exact) mass is 264 g/mol. The molecule has 96 valence electrons. The molecule has 4 heteroatoms. The van der Waals surface area contributed by atoms with E-state index in [1.807, 2.05) is 42.1 Å². The maximum Gasteiger partial charge on any atom is 0.0584 e. The fourth-order valence-corrected chi connectivity index (χ4v) is 2.08. The molecule has 0 saturated heterocycles. The summed E-state index contributed by atoms with van der Waals surface area (Å²) < 4.78 is 1.84. The van der Waals surface area contributed by atoms with Crippen molar-refractivity contribution in [2.75, 3.05) is 0 Å². The summed E-state index contributed by atoms with van der Waals surface area (Å²) in [5, 5.41) is 14.8. The third-order valence-electron chi connectivity index (χ3n) is 3.04. The van der Waals surface area contributed by atoms with Crippen LogP contribution in [0.2, 0.25) is 5.02 Å². The van der Waals surface area contributed by atoms with Gasteiger partial charge in [-0.3, -0.25) is 4.68 Å². The number of aliphatic hydroxyl groups excluding tert-OH is 1. The molecule has 2 aromatic rings. The molecule has 1 aromatic carbocycles. The van der Waals surface area contributed by atoms with Crippen molar-refractivity contribution in [2.45, 2.75) is 25.4 Å². The molecule has 1 aromatic heterocycles. The number of rotatable bonds is 5. The highest BCUT2D eigenvalue weighted by Gasteiger charge is 2.07. The van der Waals surface area contributed by atoms with Crippen molar-refractivity contribution in [1.82, 2.24) is 9.78 Å². The van der Waals surface area contributed by atoms with Gasteiger partial charge in [-0.25, -0.2) is 0 Å². The zero-order chi connectivity index (χ0) is 13.0. The van der Waals surface area contributed by atoms with Crippen LogP contribution in [0.5, 0.6) is 0 Å². The van der Waals surface area contributed by atoms with Gasteiger partial charge < -0.3 is 5.11 Å². The van der Waals surface area contributed by atoms with Crippen LogP contribution in [-0.2, 0) is 19.9 Å². The lowest BCUT2D eigenvalue weighted by Crippen LogP contribution is -2.12. The van der Waals surface area contributed by atoms with Gasteiger partial charge in [0.05, 0.1) is 6.10 Å². The number of aliphatic hydroxyl groups is 1. The molecule has 0 spiro atoms. The molecule has 1 heterocycles. The van der Waals surface area contributed by atoms with Crippen molar-refractivity contribution in [3.8, 4) is 0 Å². The van der Waals surface area contributed by atoms with Gasteiger partial charge in [0.15, 0.2) is 0 Å². The number of aryl methyl sites for hydroxylation is 2. The second-order valence-electron chi connectivity index (χ2n) is 4.47. The van der Waals surface area contributed by atoms with E-state index in [0.29, 0.717) is 6.42 Å². The summed E-state index contributed by atoms with van der Waals surface area (Å²) in [5.41, 5.74) is 2.25. The molecule has 2 rings (SSSR count). The second kappa shape index (κ2) is 6.03. The van der Waals surface area contributed by atoms with Crippen molar-refractivity contribution in [3.63, 3.8) is 0 Å². The number of hydrogen-bond acceptors (Lipinski definition) is 2. The Balaban J connectivity index is 1.83. The van der Waals surface area contributed by atoms with Crippen molar-refractivity contribution in [1.29, 1.82) is 0 Å². The van der Waals surface area contributed by atoms with Gasteiger partial charge >= 0.3 is 0 Å². The van der Waals surface area contributed by atoms with E-state index in [0.717, 1.165) is 29.1 Å². The van der Waals surface area contributed by atoms with Gasteiger partial charge in [-0.15, -0.1) is 0 Å². The molecule has 0 fully saturated rings. The third-order valence-corrected chi connectivity index (χ3v) is 3.29. The van der Waals surface area contributed by atoms with Crippen LogP contribution in [0.1, 0.15) is 17.7 Å². The fraction of sp³-hybridized carbons (Fsp3) is 0.357. The summed E-state index contributed by atoms with van der Waals surface area (Å²) in [6, 6.07) is 9.59. The fourth-order valence-electron chi connectivity index (χ4n) is 1.96. The summed E-state index contributed by atoms with van der Waals surface area (Å²) in [6.45, 7) is 0. The molecular weight excluding hydrogens is 248 g/mol. The minimum atomic E-state index is -0.332. The molecule has 0 amide bonds. The highest BCUT2D eigenvalue weighted by Crippen LogP contribution is 2.13. The van der Waals surface area contributed by atoms with E-state index in [1.54, 1.807) is 6.20 Å². The molecule has 18 heavy (non-hydrogen) atoms. The van der Waals surface area contributed by atoms with Crippen LogP contribution in [0.3, 0.4) is 0 Å². The molecule has 0 saturated carbocycles. The van der Waals surface area contributed by atoms with Crippen LogP contribution in [-0.4, -0.2) is 21.0 Å². The minimum Gasteiger partial charge on any atom is -0.393 e. The maximum atomic E-state index is 10.00. The van der Waals surface area contributed by atoms with Gasteiger partial charge in [-0.2, -0.15) is 5.10 Å². The summed E-state index contributed by atoms with van der Waals surface area (Å²) in [5.74, 6) is 0. The lowest BCUT2D eigenvalue weighted by atomic mass is 10.0. The molecule has 1 N–H and O–H groups in total. The van der Waals surface area contributed by atoms with Gasteiger partial charge in [-0.05, 0) is 43.0 Å². The number of nitrogens with zero attached hydrogens (tertiary/aromatic N) is 2. The molecule has 3 nitrogen and oxygen atoms in total. The maximum absolute atomic E-state index is 10.00. The molecule has 0 aliphatic heterocycles. The average Bonchev–Trinajstić information content (AvgIpc) is 2.75. The lowest BCUT2D eigenvalue weighted by molar-refractivity contribution is 0.164. The molecule has 1 unspecified atom stereocenters. The Bertz CT molecular complexity index is 493. The number of benzene rings is 1. The van der Waals surface area contributed by atoms with Gasteiger partial charge in [-0.1, -0.05) is 23.7 Å². The zero-order valence-electron chi connectivity index (χ0n) is 10.4. The highest BCUT2D eigenvalue weighted by molar-refractivity contribution is 6.30. The number of halogens is 1. The summed E-state index contributed by atoms with van der Waals surface area (Å²) in [4.78, 5) is 0. The molecule has 0 aliphatic carbocycles.